The number of aromatic nitrogens is 2. The normalized spacial score (nSPS) is 25.3. The van der Waals surface area contributed by atoms with E-state index >= 15 is 0 Å². The van der Waals surface area contributed by atoms with E-state index in [1.54, 1.807) is 37.3 Å². The molecular weight excluding hydrogens is 373 g/mol. The van der Waals surface area contributed by atoms with Crippen LogP contribution in [0.25, 0.3) is 12.2 Å². The highest BCUT2D eigenvalue weighted by Crippen LogP contribution is 2.31. The molecule has 0 saturated heterocycles. The maximum Gasteiger partial charge on any atom is 0.142 e. The number of benzene rings is 1. The first-order valence-corrected chi connectivity index (χ1v) is 8.98. The highest BCUT2D eigenvalue weighted by molar-refractivity contribution is 6.31. The van der Waals surface area contributed by atoms with Crippen LogP contribution in [0, 0.1) is 18.7 Å². The SMILES string of the molecule is Cc1nc(Cl)c(/C=C/c2ccccc2F)c(N[C@@H]2C[C@H](CO)[C@@H](O)[C@H]2O)n1. The molecule has 27 heavy (non-hydrogen) atoms. The van der Waals surface area contributed by atoms with E-state index in [1.165, 1.54) is 6.07 Å². The first-order chi connectivity index (χ1) is 12.9. The number of anilines is 1. The minimum atomic E-state index is -1.06. The molecule has 4 atom stereocenters. The quantitative estimate of drug-likeness (QED) is 0.582. The number of halogens is 2. The number of nitrogens with one attached hydrogen (secondary N) is 1. The Morgan fingerprint density at radius 3 is 2.63 bits per heavy atom. The predicted octanol–water partition coefficient (Wildman–Crippen LogP) is 2.26. The van der Waals surface area contributed by atoms with E-state index in [4.69, 9.17) is 11.6 Å². The Hall–Kier alpha value is -2.06. The van der Waals surface area contributed by atoms with Gasteiger partial charge in [-0.05, 0) is 25.5 Å². The van der Waals surface area contributed by atoms with Crippen molar-refractivity contribution in [2.24, 2.45) is 5.92 Å². The van der Waals surface area contributed by atoms with Gasteiger partial charge < -0.3 is 20.6 Å². The van der Waals surface area contributed by atoms with Crippen LogP contribution in [0.4, 0.5) is 10.2 Å². The average Bonchev–Trinajstić information content (AvgIpc) is 2.90. The van der Waals surface area contributed by atoms with Crippen LogP contribution in [-0.2, 0) is 0 Å². The van der Waals surface area contributed by atoms with Gasteiger partial charge in [0, 0.05) is 18.1 Å². The minimum Gasteiger partial charge on any atom is -0.396 e. The highest BCUT2D eigenvalue weighted by Gasteiger charge is 2.41. The van der Waals surface area contributed by atoms with Crippen molar-refractivity contribution in [2.45, 2.75) is 31.6 Å². The summed E-state index contributed by atoms with van der Waals surface area (Å²) in [7, 11) is 0. The smallest absolute Gasteiger partial charge is 0.142 e. The van der Waals surface area contributed by atoms with Crippen LogP contribution < -0.4 is 5.32 Å². The van der Waals surface area contributed by atoms with E-state index in [9.17, 15) is 19.7 Å². The summed E-state index contributed by atoms with van der Waals surface area (Å²) in [5.41, 5.74) is 0.830. The van der Waals surface area contributed by atoms with E-state index in [-0.39, 0.29) is 17.6 Å². The van der Waals surface area contributed by atoms with Crippen LogP contribution in [0.1, 0.15) is 23.4 Å². The summed E-state index contributed by atoms with van der Waals surface area (Å²) in [6.07, 6.45) is 1.46. The number of hydrogen-bond donors (Lipinski definition) is 4. The lowest BCUT2D eigenvalue weighted by molar-refractivity contribution is 0.00445. The Morgan fingerprint density at radius 2 is 1.96 bits per heavy atom. The van der Waals surface area contributed by atoms with Gasteiger partial charge in [0.2, 0.25) is 0 Å². The fourth-order valence-corrected chi connectivity index (χ4v) is 3.49. The zero-order valence-corrected chi connectivity index (χ0v) is 15.4. The molecule has 0 bridgehead atoms. The lowest BCUT2D eigenvalue weighted by Gasteiger charge is -2.20. The molecule has 2 aromatic rings. The third-order valence-corrected chi connectivity index (χ3v) is 4.99. The van der Waals surface area contributed by atoms with Gasteiger partial charge in [0.1, 0.15) is 28.7 Å². The molecule has 4 N–H and O–H groups in total. The van der Waals surface area contributed by atoms with Crippen molar-refractivity contribution in [3.05, 3.63) is 52.2 Å². The Balaban J connectivity index is 1.91. The van der Waals surface area contributed by atoms with Gasteiger partial charge in [0.05, 0.1) is 17.7 Å². The third kappa shape index (κ3) is 4.27. The molecule has 0 aliphatic heterocycles. The Kier molecular flexibility index (Phi) is 6.06. The lowest BCUT2D eigenvalue weighted by Crippen LogP contribution is -2.35. The monoisotopic (exact) mass is 393 g/mol. The Morgan fingerprint density at radius 1 is 1.22 bits per heavy atom. The largest absolute Gasteiger partial charge is 0.396 e. The first-order valence-electron chi connectivity index (χ1n) is 8.61. The molecule has 1 fully saturated rings. The van der Waals surface area contributed by atoms with Gasteiger partial charge in [-0.25, -0.2) is 14.4 Å². The summed E-state index contributed by atoms with van der Waals surface area (Å²) in [6, 6.07) is 5.80. The summed E-state index contributed by atoms with van der Waals surface area (Å²) in [5.74, 6) is 0.00747. The van der Waals surface area contributed by atoms with Crippen LogP contribution in [0.3, 0.4) is 0 Å². The van der Waals surface area contributed by atoms with Crippen molar-refractivity contribution >= 4 is 29.6 Å². The van der Waals surface area contributed by atoms with Gasteiger partial charge in [0.15, 0.2) is 0 Å². The van der Waals surface area contributed by atoms with E-state index in [0.29, 0.717) is 29.2 Å². The number of rotatable bonds is 5. The summed E-state index contributed by atoms with van der Waals surface area (Å²) in [6.45, 7) is 1.46. The van der Waals surface area contributed by atoms with Crippen LogP contribution in [-0.4, -0.2) is 50.1 Å². The minimum absolute atomic E-state index is 0.185. The molecule has 1 aromatic carbocycles. The highest BCUT2D eigenvalue weighted by atomic mass is 35.5. The Bertz CT molecular complexity index is 849. The van der Waals surface area contributed by atoms with Gasteiger partial charge >= 0.3 is 0 Å². The maximum atomic E-state index is 13.8. The average molecular weight is 394 g/mol. The first kappa shape index (κ1) is 19.7. The molecule has 1 aliphatic rings. The molecule has 1 aromatic heterocycles. The topological polar surface area (TPSA) is 98.5 Å². The van der Waals surface area contributed by atoms with E-state index in [0.717, 1.165) is 0 Å². The second-order valence-corrected chi connectivity index (χ2v) is 6.95. The summed E-state index contributed by atoms with van der Waals surface area (Å²) < 4.78 is 13.8. The van der Waals surface area contributed by atoms with E-state index in [2.05, 4.69) is 15.3 Å². The summed E-state index contributed by atoms with van der Waals surface area (Å²) in [5, 5.41) is 32.8. The second kappa shape index (κ2) is 8.31. The van der Waals surface area contributed by atoms with E-state index in [1.807, 2.05) is 0 Å². The number of hydrogen-bond acceptors (Lipinski definition) is 6. The molecule has 3 rings (SSSR count). The molecule has 0 radical (unpaired) electrons. The fourth-order valence-electron chi connectivity index (χ4n) is 3.21. The number of aryl methyl sites for hydroxylation is 1. The van der Waals surface area contributed by atoms with Crippen LogP contribution in [0.5, 0.6) is 0 Å². The van der Waals surface area contributed by atoms with Crippen molar-refractivity contribution < 1.29 is 19.7 Å². The van der Waals surface area contributed by atoms with Crippen molar-refractivity contribution in [1.82, 2.24) is 9.97 Å². The van der Waals surface area contributed by atoms with Gasteiger partial charge in [0.25, 0.3) is 0 Å². The zero-order valence-electron chi connectivity index (χ0n) is 14.7. The standard InChI is InChI=1S/C19H21ClFN3O3/c1-10-22-18(20)13(7-6-11-4-2-3-5-14(11)21)19(23-10)24-15-8-12(9-25)16(26)17(15)27/h2-7,12,15-17,25-27H,8-9H2,1H3,(H,22,23,24)/b7-6+/t12-,15-,16-,17+/m1/s1. The van der Waals surface area contributed by atoms with Crippen LogP contribution in [0.2, 0.25) is 5.15 Å². The van der Waals surface area contributed by atoms with Gasteiger partial charge in [-0.3, -0.25) is 0 Å². The lowest BCUT2D eigenvalue weighted by atomic mass is 10.1. The molecule has 8 heteroatoms. The van der Waals surface area contributed by atoms with Crippen molar-refractivity contribution in [2.75, 3.05) is 11.9 Å². The molecular formula is C19H21ClFN3O3. The molecule has 1 aliphatic carbocycles. The summed E-state index contributed by atoms with van der Waals surface area (Å²) >= 11 is 6.26. The molecule has 0 spiro atoms. The Labute approximate surface area is 161 Å². The molecule has 0 amide bonds. The van der Waals surface area contributed by atoms with Crippen LogP contribution in [0.15, 0.2) is 24.3 Å². The van der Waals surface area contributed by atoms with E-state index < -0.39 is 24.2 Å². The number of aliphatic hydroxyl groups excluding tert-OH is 3. The molecule has 6 nitrogen and oxygen atoms in total. The van der Waals surface area contributed by atoms with Crippen molar-refractivity contribution in [3.8, 4) is 0 Å². The number of nitrogens with zero attached hydrogens (tertiary/aromatic N) is 2. The number of aliphatic hydroxyl groups is 3. The molecule has 1 heterocycles. The van der Waals surface area contributed by atoms with Crippen molar-refractivity contribution in [3.63, 3.8) is 0 Å². The van der Waals surface area contributed by atoms with Crippen molar-refractivity contribution in [1.29, 1.82) is 0 Å². The molecule has 0 unspecified atom stereocenters. The zero-order chi connectivity index (χ0) is 19.6. The third-order valence-electron chi connectivity index (χ3n) is 4.70. The maximum absolute atomic E-state index is 13.8. The van der Waals surface area contributed by atoms with Gasteiger partial charge in [-0.1, -0.05) is 35.9 Å². The van der Waals surface area contributed by atoms with Crippen LogP contribution >= 0.6 is 11.6 Å². The predicted molar refractivity (Wildman–Crippen MR) is 102 cm³/mol. The summed E-state index contributed by atoms with van der Waals surface area (Å²) in [4.78, 5) is 8.46. The van der Waals surface area contributed by atoms with Gasteiger partial charge in [-0.2, -0.15) is 0 Å². The molecule has 144 valence electrons. The second-order valence-electron chi connectivity index (χ2n) is 6.59. The van der Waals surface area contributed by atoms with Gasteiger partial charge in [-0.15, -0.1) is 0 Å². The fraction of sp³-hybridized carbons (Fsp3) is 0.368. The molecule has 1 saturated carbocycles.